The van der Waals surface area contributed by atoms with Gasteiger partial charge in [0.25, 0.3) is 0 Å². The Morgan fingerprint density at radius 2 is 1.68 bits per heavy atom. The molecule has 0 bridgehead atoms. The fourth-order valence-electron chi connectivity index (χ4n) is 4.19. The van der Waals surface area contributed by atoms with E-state index < -0.39 is 35.7 Å². The summed E-state index contributed by atoms with van der Waals surface area (Å²) in [7, 11) is 0. The van der Waals surface area contributed by atoms with Gasteiger partial charge in [0.2, 0.25) is 5.91 Å². The minimum absolute atomic E-state index is 0.271. The molecule has 0 aromatic heterocycles. The van der Waals surface area contributed by atoms with Crippen LogP contribution in [0.25, 0.3) is 0 Å². The molecule has 1 amide bonds. The summed E-state index contributed by atoms with van der Waals surface area (Å²) >= 11 is 0. The molecule has 3 atom stereocenters. The molecule has 0 aliphatic carbocycles. The summed E-state index contributed by atoms with van der Waals surface area (Å²) in [6.45, 7) is 7.30. The summed E-state index contributed by atoms with van der Waals surface area (Å²) in [6, 6.07) is 14.9. The number of rotatable bonds is 8. The predicted molar refractivity (Wildman–Crippen MR) is 129 cm³/mol. The van der Waals surface area contributed by atoms with Crippen LogP contribution in [0.5, 0.6) is 0 Å². The molecule has 0 fully saturated rings. The van der Waals surface area contributed by atoms with Crippen molar-refractivity contribution in [1.82, 2.24) is 10.2 Å². The van der Waals surface area contributed by atoms with Crippen LogP contribution in [0.3, 0.4) is 0 Å². The molecule has 0 saturated heterocycles. The number of carboxylic acid groups (broad SMARTS) is 1. The monoisotopic (exact) mass is 466 g/mol. The van der Waals surface area contributed by atoms with Crippen LogP contribution in [0.15, 0.2) is 54.6 Å². The number of nitrogens with zero attached hydrogens (tertiary/aromatic N) is 1. The molecular formula is C27H34N2O5. The van der Waals surface area contributed by atoms with E-state index in [1.165, 1.54) is 4.90 Å². The van der Waals surface area contributed by atoms with E-state index in [4.69, 9.17) is 4.74 Å². The first kappa shape index (κ1) is 25.4. The molecule has 2 aromatic carbocycles. The number of esters is 1. The molecule has 1 aliphatic rings. The van der Waals surface area contributed by atoms with Gasteiger partial charge in [-0.15, -0.1) is 0 Å². The average Bonchev–Trinajstić information content (AvgIpc) is 2.79. The van der Waals surface area contributed by atoms with Crippen LogP contribution in [-0.2, 0) is 38.5 Å². The van der Waals surface area contributed by atoms with E-state index in [9.17, 15) is 19.5 Å². The number of carboxylic acids is 1. The molecule has 1 aliphatic heterocycles. The van der Waals surface area contributed by atoms with Gasteiger partial charge in [-0.1, -0.05) is 54.6 Å². The Morgan fingerprint density at radius 3 is 2.29 bits per heavy atom. The largest absolute Gasteiger partial charge is 0.480 e. The fraction of sp³-hybridized carbons (Fsp3) is 0.444. The van der Waals surface area contributed by atoms with Gasteiger partial charge in [0.15, 0.2) is 0 Å². The van der Waals surface area contributed by atoms with Crippen molar-refractivity contribution in [2.24, 2.45) is 0 Å². The van der Waals surface area contributed by atoms with E-state index in [2.05, 4.69) is 5.32 Å². The number of hydrogen-bond donors (Lipinski definition) is 2. The van der Waals surface area contributed by atoms with E-state index in [1.54, 1.807) is 27.7 Å². The second kappa shape index (κ2) is 10.8. The minimum Gasteiger partial charge on any atom is -0.480 e. The fourth-order valence-corrected chi connectivity index (χ4v) is 4.19. The first-order chi connectivity index (χ1) is 16.0. The predicted octanol–water partition coefficient (Wildman–Crippen LogP) is 3.35. The molecule has 2 N–H and O–H groups in total. The van der Waals surface area contributed by atoms with Gasteiger partial charge in [-0.05, 0) is 57.2 Å². The Bertz CT molecular complexity index is 1020. The molecule has 182 valence electrons. The van der Waals surface area contributed by atoms with Crippen LogP contribution in [0.1, 0.15) is 50.8 Å². The third-order valence-electron chi connectivity index (χ3n) is 5.89. The third-order valence-corrected chi connectivity index (χ3v) is 5.89. The lowest BCUT2D eigenvalue weighted by Crippen LogP contribution is -2.57. The second-order valence-electron chi connectivity index (χ2n) is 9.79. The van der Waals surface area contributed by atoms with Crippen LogP contribution in [0, 0.1) is 0 Å². The van der Waals surface area contributed by atoms with Crippen LogP contribution in [-0.4, -0.2) is 51.6 Å². The van der Waals surface area contributed by atoms with Crippen molar-refractivity contribution in [3.05, 3.63) is 71.3 Å². The summed E-state index contributed by atoms with van der Waals surface area (Å²) < 4.78 is 5.61. The quantitative estimate of drug-likeness (QED) is 0.580. The topological polar surface area (TPSA) is 95.9 Å². The second-order valence-corrected chi connectivity index (χ2v) is 9.79. The number of nitrogens with one attached hydrogen (secondary N) is 1. The van der Waals surface area contributed by atoms with Crippen LogP contribution < -0.4 is 5.32 Å². The Hall–Kier alpha value is -3.19. The number of carbonyl (C=O) groups is 3. The highest BCUT2D eigenvalue weighted by molar-refractivity contribution is 5.89. The summed E-state index contributed by atoms with van der Waals surface area (Å²) in [6.07, 6.45) is 1.28. The van der Waals surface area contributed by atoms with Crippen molar-refractivity contribution < 1.29 is 24.2 Å². The Labute approximate surface area is 201 Å². The molecule has 2 aromatic rings. The smallest absolute Gasteiger partial charge is 0.329 e. The maximum absolute atomic E-state index is 13.5. The van der Waals surface area contributed by atoms with Crippen LogP contribution in [0.4, 0.5) is 0 Å². The van der Waals surface area contributed by atoms with Gasteiger partial charge in [-0.2, -0.15) is 0 Å². The van der Waals surface area contributed by atoms with E-state index in [1.807, 2.05) is 54.6 Å². The zero-order valence-corrected chi connectivity index (χ0v) is 20.3. The first-order valence-corrected chi connectivity index (χ1v) is 11.7. The number of aliphatic carboxylic acids is 1. The molecule has 3 rings (SSSR count). The number of amides is 1. The van der Waals surface area contributed by atoms with Crippen molar-refractivity contribution in [3.8, 4) is 0 Å². The average molecular weight is 467 g/mol. The Kier molecular flexibility index (Phi) is 8.10. The molecular weight excluding hydrogens is 432 g/mol. The summed E-state index contributed by atoms with van der Waals surface area (Å²) in [5, 5.41) is 12.7. The molecule has 0 spiro atoms. The molecule has 1 heterocycles. The Balaban J connectivity index is 1.75. The number of benzene rings is 2. The van der Waals surface area contributed by atoms with E-state index in [0.717, 1.165) is 16.7 Å². The van der Waals surface area contributed by atoms with Crippen LogP contribution in [0.2, 0.25) is 0 Å². The molecule has 2 unspecified atom stereocenters. The zero-order valence-electron chi connectivity index (χ0n) is 20.3. The van der Waals surface area contributed by atoms with E-state index >= 15 is 0 Å². The lowest BCUT2D eigenvalue weighted by atomic mass is 9.93. The standard InChI is InChI=1S/C27H34N2O5/c1-18(28-22(25(31)32)15-14-19-10-6-5-7-11-19)24(30)29-17-21-13-9-8-12-20(21)16-23(29)26(33)34-27(2,3)4/h5-13,18,22-23,28H,14-17H2,1-4H3,(H,31,32)/t18-,22?,23?/m0/s1. The van der Waals surface area contributed by atoms with Crippen molar-refractivity contribution in [1.29, 1.82) is 0 Å². The van der Waals surface area contributed by atoms with Gasteiger partial charge in [-0.25, -0.2) is 4.79 Å². The van der Waals surface area contributed by atoms with E-state index in [-0.39, 0.29) is 12.5 Å². The number of hydrogen-bond acceptors (Lipinski definition) is 5. The molecule has 34 heavy (non-hydrogen) atoms. The van der Waals surface area contributed by atoms with Gasteiger partial charge >= 0.3 is 11.9 Å². The summed E-state index contributed by atoms with van der Waals surface area (Å²) in [5.74, 6) is -1.79. The highest BCUT2D eigenvalue weighted by Crippen LogP contribution is 2.26. The van der Waals surface area contributed by atoms with Crippen molar-refractivity contribution in [2.75, 3.05) is 0 Å². The minimum atomic E-state index is -1.01. The van der Waals surface area contributed by atoms with E-state index in [0.29, 0.717) is 19.3 Å². The third kappa shape index (κ3) is 6.67. The molecule has 7 nitrogen and oxygen atoms in total. The highest BCUT2D eigenvalue weighted by Gasteiger charge is 2.39. The van der Waals surface area contributed by atoms with Crippen LogP contribution >= 0.6 is 0 Å². The van der Waals surface area contributed by atoms with Gasteiger partial charge < -0.3 is 14.7 Å². The number of ether oxygens (including phenoxy) is 1. The summed E-state index contributed by atoms with van der Waals surface area (Å²) in [4.78, 5) is 39.9. The number of fused-ring (bicyclic) bond motifs is 1. The van der Waals surface area contributed by atoms with Crippen molar-refractivity contribution in [3.63, 3.8) is 0 Å². The van der Waals surface area contributed by atoms with Gasteiger partial charge in [-0.3, -0.25) is 14.9 Å². The summed E-state index contributed by atoms with van der Waals surface area (Å²) in [5.41, 5.74) is 2.33. The zero-order chi connectivity index (χ0) is 24.9. The number of aryl methyl sites for hydroxylation is 1. The molecule has 0 saturated carbocycles. The van der Waals surface area contributed by atoms with Gasteiger partial charge in [0.1, 0.15) is 17.7 Å². The van der Waals surface area contributed by atoms with Crippen molar-refractivity contribution >= 4 is 17.8 Å². The number of carbonyl (C=O) groups excluding carboxylic acids is 2. The lowest BCUT2D eigenvalue weighted by molar-refractivity contribution is -0.166. The van der Waals surface area contributed by atoms with Gasteiger partial charge in [0.05, 0.1) is 6.04 Å². The maximum Gasteiger partial charge on any atom is 0.329 e. The maximum atomic E-state index is 13.5. The molecule has 7 heteroatoms. The highest BCUT2D eigenvalue weighted by atomic mass is 16.6. The first-order valence-electron chi connectivity index (χ1n) is 11.7. The molecule has 0 radical (unpaired) electrons. The van der Waals surface area contributed by atoms with Crippen molar-refractivity contribution in [2.45, 2.75) is 77.2 Å². The lowest BCUT2D eigenvalue weighted by Gasteiger charge is -2.38. The van der Waals surface area contributed by atoms with Gasteiger partial charge in [0, 0.05) is 13.0 Å². The SMILES string of the molecule is C[C@H](NC(CCc1ccccc1)C(=O)O)C(=O)N1Cc2ccccc2CC1C(=O)OC(C)(C)C. The normalized spacial score (nSPS) is 17.4. The Morgan fingerprint density at radius 1 is 1.06 bits per heavy atom.